The van der Waals surface area contributed by atoms with Gasteiger partial charge in [0.25, 0.3) is 5.91 Å². The van der Waals surface area contributed by atoms with E-state index in [1.807, 2.05) is 59.5 Å². The summed E-state index contributed by atoms with van der Waals surface area (Å²) in [6.45, 7) is 1.11. The highest BCUT2D eigenvalue weighted by atomic mass is 35.5. The fourth-order valence-corrected chi connectivity index (χ4v) is 3.97. The average Bonchev–Trinajstić information content (AvgIpc) is 3.16. The number of fused-ring (bicyclic) bond motifs is 1. The number of amides is 1. The van der Waals surface area contributed by atoms with Crippen molar-refractivity contribution in [2.24, 2.45) is 0 Å². The first-order valence-corrected chi connectivity index (χ1v) is 10.1. The Balaban J connectivity index is 1.47. The Kier molecular flexibility index (Phi) is 5.97. The molecule has 4 rings (SSSR count). The second-order valence-electron chi connectivity index (χ2n) is 7.39. The number of halogens is 1. The lowest BCUT2D eigenvalue weighted by molar-refractivity contribution is -0.146. The van der Waals surface area contributed by atoms with E-state index in [0.29, 0.717) is 30.2 Å². The highest BCUT2D eigenvalue weighted by molar-refractivity contribution is 6.30. The van der Waals surface area contributed by atoms with E-state index in [9.17, 15) is 9.59 Å². The van der Waals surface area contributed by atoms with E-state index >= 15 is 0 Å². The lowest BCUT2D eigenvalue weighted by Crippen LogP contribution is -2.38. The van der Waals surface area contributed by atoms with E-state index in [1.54, 1.807) is 6.07 Å². The summed E-state index contributed by atoms with van der Waals surface area (Å²) in [7, 11) is 1.38. The van der Waals surface area contributed by atoms with Crippen LogP contribution in [0.1, 0.15) is 22.5 Å². The van der Waals surface area contributed by atoms with E-state index in [-0.39, 0.29) is 17.9 Å². The van der Waals surface area contributed by atoms with Gasteiger partial charge in [0.2, 0.25) is 0 Å². The molecule has 1 aromatic heterocycles. The lowest BCUT2D eigenvalue weighted by Gasteiger charge is -2.22. The molecule has 30 heavy (non-hydrogen) atoms. The standard InChI is InChI=1S/C23H22ClN3O3/c1-30-23(29)21-12-18(14-27(21)13-15-6-9-17(24)10-7-15)25-22(28)20-11-8-16-4-2-3-5-19(16)26-20/h2-11,18,21H,12-14H2,1H3,(H,25,28)/t18-,21-/m0/s1. The number of nitrogens with zero attached hydrogens (tertiary/aromatic N) is 2. The molecule has 0 unspecified atom stereocenters. The molecule has 1 aliphatic heterocycles. The molecule has 1 aliphatic rings. The summed E-state index contributed by atoms with van der Waals surface area (Å²) in [5, 5.41) is 4.67. The lowest BCUT2D eigenvalue weighted by atomic mass is 10.1. The van der Waals surface area contributed by atoms with Crippen LogP contribution in [-0.2, 0) is 16.1 Å². The van der Waals surface area contributed by atoms with Gasteiger partial charge in [0.1, 0.15) is 11.7 Å². The number of para-hydroxylation sites is 1. The highest BCUT2D eigenvalue weighted by Crippen LogP contribution is 2.23. The normalized spacial score (nSPS) is 19.0. The van der Waals surface area contributed by atoms with Crippen molar-refractivity contribution in [3.8, 4) is 0 Å². The van der Waals surface area contributed by atoms with Crippen molar-refractivity contribution < 1.29 is 14.3 Å². The topological polar surface area (TPSA) is 71.5 Å². The molecule has 0 saturated carbocycles. The van der Waals surface area contributed by atoms with E-state index < -0.39 is 6.04 Å². The summed E-state index contributed by atoms with van der Waals surface area (Å²) in [5.41, 5.74) is 2.17. The maximum absolute atomic E-state index is 12.8. The van der Waals surface area contributed by atoms with Crippen LogP contribution in [0.3, 0.4) is 0 Å². The van der Waals surface area contributed by atoms with Crippen molar-refractivity contribution in [2.75, 3.05) is 13.7 Å². The van der Waals surface area contributed by atoms with Crippen LogP contribution in [0.5, 0.6) is 0 Å². The van der Waals surface area contributed by atoms with Gasteiger partial charge in [-0.2, -0.15) is 0 Å². The Bertz CT molecular complexity index is 1070. The van der Waals surface area contributed by atoms with Gasteiger partial charge in [-0.3, -0.25) is 14.5 Å². The molecule has 0 spiro atoms. The van der Waals surface area contributed by atoms with Crippen molar-refractivity contribution in [1.29, 1.82) is 0 Å². The Morgan fingerprint density at radius 2 is 1.90 bits per heavy atom. The average molecular weight is 424 g/mol. The minimum absolute atomic E-state index is 0.179. The third kappa shape index (κ3) is 4.45. The molecule has 0 radical (unpaired) electrons. The van der Waals surface area contributed by atoms with Gasteiger partial charge in [-0.15, -0.1) is 0 Å². The molecule has 6 nitrogen and oxygen atoms in total. The van der Waals surface area contributed by atoms with Gasteiger partial charge in [-0.05, 0) is 36.2 Å². The molecule has 1 saturated heterocycles. The molecule has 1 fully saturated rings. The van der Waals surface area contributed by atoms with Gasteiger partial charge in [0.15, 0.2) is 0 Å². The fraction of sp³-hybridized carbons (Fsp3) is 0.261. The number of benzene rings is 2. The van der Waals surface area contributed by atoms with E-state index in [0.717, 1.165) is 16.5 Å². The molecular formula is C23H22ClN3O3. The van der Waals surface area contributed by atoms with Crippen LogP contribution in [-0.4, -0.2) is 47.5 Å². The molecule has 1 amide bonds. The molecule has 2 heterocycles. The second-order valence-corrected chi connectivity index (χ2v) is 7.83. The number of nitrogens with one attached hydrogen (secondary N) is 1. The number of aromatic nitrogens is 1. The number of hydrogen-bond acceptors (Lipinski definition) is 5. The van der Waals surface area contributed by atoms with Crippen LogP contribution in [0.15, 0.2) is 60.7 Å². The summed E-state index contributed by atoms with van der Waals surface area (Å²) >= 11 is 5.96. The molecule has 154 valence electrons. The quantitative estimate of drug-likeness (QED) is 0.636. The third-order valence-corrected chi connectivity index (χ3v) is 5.59. The maximum Gasteiger partial charge on any atom is 0.323 e. The minimum atomic E-state index is -0.416. The Morgan fingerprint density at radius 1 is 1.13 bits per heavy atom. The molecule has 1 N–H and O–H groups in total. The van der Waals surface area contributed by atoms with Crippen LogP contribution in [0.25, 0.3) is 10.9 Å². The molecule has 0 bridgehead atoms. The maximum atomic E-state index is 12.8. The summed E-state index contributed by atoms with van der Waals surface area (Å²) in [4.78, 5) is 31.6. The number of carbonyl (C=O) groups excluding carboxylic acids is 2. The zero-order valence-corrected chi connectivity index (χ0v) is 17.3. The molecule has 2 aromatic carbocycles. The molecule has 7 heteroatoms. The number of esters is 1. The van der Waals surface area contributed by atoms with Crippen LogP contribution < -0.4 is 5.32 Å². The largest absolute Gasteiger partial charge is 0.468 e. The number of methoxy groups -OCH3 is 1. The summed E-state index contributed by atoms with van der Waals surface area (Å²) in [6.07, 6.45) is 0.486. The number of hydrogen-bond donors (Lipinski definition) is 1. The van der Waals surface area contributed by atoms with Gasteiger partial charge in [-0.25, -0.2) is 4.98 Å². The molecule has 2 atom stereocenters. The highest BCUT2D eigenvalue weighted by Gasteiger charge is 2.38. The number of pyridine rings is 1. The number of likely N-dealkylation sites (tertiary alicyclic amines) is 1. The summed E-state index contributed by atoms with van der Waals surface area (Å²) in [5.74, 6) is -0.549. The van der Waals surface area contributed by atoms with E-state index in [2.05, 4.69) is 10.3 Å². The van der Waals surface area contributed by atoms with E-state index in [1.165, 1.54) is 7.11 Å². The summed E-state index contributed by atoms with van der Waals surface area (Å²) in [6, 6.07) is 18.2. The van der Waals surface area contributed by atoms with Crippen LogP contribution in [0.2, 0.25) is 5.02 Å². The zero-order valence-electron chi connectivity index (χ0n) is 16.5. The van der Waals surface area contributed by atoms with Crippen molar-refractivity contribution in [2.45, 2.75) is 25.0 Å². The Labute approximate surface area is 179 Å². The van der Waals surface area contributed by atoms with Crippen molar-refractivity contribution >= 4 is 34.4 Å². The molecule has 3 aromatic rings. The van der Waals surface area contributed by atoms with Gasteiger partial charge in [0.05, 0.1) is 12.6 Å². The number of ether oxygens (including phenoxy) is 1. The van der Waals surface area contributed by atoms with E-state index in [4.69, 9.17) is 16.3 Å². The van der Waals surface area contributed by atoms with Crippen LogP contribution >= 0.6 is 11.6 Å². The van der Waals surface area contributed by atoms with Crippen molar-refractivity contribution in [3.05, 3.63) is 76.9 Å². The first kappa shape index (κ1) is 20.3. The third-order valence-electron chi connectivity index (χ3n) is 5.34. The second kappa shape index (κ2) is 8.81. The zero-order chi connectivity index (χ0) is 21.1. The van der Waals surface area contributed by atoms with Gasteiger partial charge < -0.3 is 10.1 Å². The molecule has 0 aliphatic carbocycles. The first-order valence-electron chi connectivity index (χ1n) is 9.76. The minimum Gasteiger partial charge on any atom is -0.468 e. The Morgan fingerprint density at radius 3 is 2.67 bits per heavy atom. The number of rotatable bonds is 5. The van der Waals surface area contributed by atoms with Gasteiger partial charge in [0, 0.05) is 29.5 Å². The monoisotopic (exact) mass is 423 g/mol. The van der Waals surface area contributed by atoms with Gasteiger partial charge >= 0.3 is 5.97 Å². The van der Waals surface area contributed by atoms with Crippen molar-refractivity contribution in [3.63, 3.8) is 0 Å². The predicted molar refractivity (Wildman–Crippen MR) is 115 cm³/mol. The predicted octanol–water partition coefficient (Wildman–Crippen LogP) is 3.43. The smallest absolute Gasteiger partial charge is 0.323 e. The SMILES string of the molecule is COC(=O)[C@@H]1C[C@H](NC(=O)c2ccc3ccccc3n2)CN1Cc1ccc(Cl)cc1. The van der Waals surface area contributed by atoms with Gasteiger partial charge in [-0.1, -0.05) is 48.0 Å². The van der Waals surface area contributed by atoms with Crippen molar-refractivity contribution in [1.82, 2.24) is 15.2 Å². The first-order chi connectivity index (χ1) is 14.5. The summed E-state index contributed by atoms with van der Waals surface area (Å²) < 4.78 is 4.98. The Hall–Kier alpha value is -2.96. The fourth-order valence-electron chi connectivity index (χ4n) is 3.84. The van der Waals surface area contributed by atoms with Crippen LogP contribution in [0, 0.1) is 0 Å². The number of carbonyl (C=O) groups is 2. The van der Waals surface area contributed by atoms with Crippen LogP contribution in [0.4, 0.5) is 0 Å². The molecular weight excluding hydrogens is 402 g/mol.